The van der Waals surface area contributed by atoms with Gasteiger partial charge >= 0.3 is 0 Å². The summed E-state index contributed by atoms with van der Waals surface area (Å²) in [6.07, 6.45) is 11.9. The molecule has 1 N–H and O–H groups in total. The topological polar surface area (TPSA) is 15.3 Å². The monoisotopic (exact) mass is 276 g/mol. The Morgan fingerprint density at radius 3 is 2.50 bits per heavy atom. The van der Waals surface area contributed by atoms with Gasteiger partial charge in [0.1, 0.15) is 0 Å². The van der Waals surface area contributed by atoms with Gasteiger partial charge in [-0.2, -0.15) is 0 Å². The number of rotatable bonds is 2. The van der Waals surface area contributed by atoms with Crippen LogP contribution in [0.1, 0.15) is 65.2 Å². The maximum absolute atomic E-state index is 3.98. The van der Waals surface area contributed by atoms with Crippen LogP contribution < -0.4 is 5.32 Å². The molecule has 4 unspecified atom stereocenters. The molecule has 4 atom stereocenters. The number of fused-ring (bicyclic) bond motifs is 2. The van der Waals surface area contributed by atoms with Crippen LogP contribution in [0.15, 0.2) is 0 Å². The molecular weight excluding hydrogens is 244 g/mol. The van der Waals surface area contributed by atoms with Gasteiger partial charge in [0.25, 0.3) is 0 Å². The van der Waals surface area contributed by atoms with E-state index in [-0.39, 0.29) is 0 Å². The second-order valence-corrected chi connectivity index (χ2v) is 8.59. The molecular formula is C18H32N2. The molecule has 4 rings (SSSR count). The van der Waals surface area contributed by atoms with Crippen molar-refractivity contribution in [3.63, 3.8) is 0 Å². The Bertz CT molecular complexity index is 358. The molecule has 4 fully saturated rings. The van der Waals surface area contributed by atoms with Gasteiger partial charge in [0.15, 0.2) is 0 Å². The fourth-order valence-electron chi connectivity index (χ4n) is 5.95. The van der Waals surface area contributed by atoms with Crippen LogP contribution in [-0.4, -0.2) is 35.6 Å². The molecule has 3 aliphatic carbocycles. The SMILES string of the molecule is CC(C)C1CNC2(CCCC2)CN1C1CC2CCC1C2. The van der Waals surface area contributed by atoms with E-state index in [1.54, 1.807) is 6.42 Å². The van der Waals surface area contributed by atoms with E-state index in [9.17, 15) is 0 Å². The van der Waals surface area contributed by atoms with Crippen LogP contribution in [0.3, 0.4) is 0 Å². The molecule has 0 amide bonds. The molecule has 3 saturated carbocycles. The first-order valence-electron chi connectivity index (χ1n) is 9.18. The first-order chi connectivity index (χ1) is 9.67. The maximum Gasteiger partial charge on any atom is 0.0309 e. The molecule has 1 spiro atoms. The summed E-state index contributed by atoms with van der Waals surface area (Å²) in [6.45, 7) is 7.45. The van der Waals surface area contributed by atoms with Crippen LogP contribution in [0.4, 0.5) is 0 Å². The first-order valence-corrected chi connectivity index (χ1v) is 9.18. The van der Waals surface area contributed by atoms with Crippen LogP contribution in [0.25, 0.3) is 0 Å². The van der Waals surface area contributed by atoms with Crippen molar-refractivity contribution < 1.29 is 0 Å². The summed E-state index contributed by atoms with van der Waals surface area (Å²) in [5, 5.41) is 3.98. The molecule has 2 heteroatoms. The lowest BCUT2D eigenvalue weighted by Gasteiger charge is -2.52. The summed E-state index contributed by atoms with van der Waals surface area (Å²) in [5.41, 5.74) is 0.493. The van der Waals surface area contributed by atoms with Crippen LogP contribution >= 0.6 is 0 Å². The van der Waals surface area contributed by atoms with E-state index in [2.05, 4.69) is 24.1 Å². The van der Waals surface area contributed by atoms with Crippen molar-refractivity contribution in [3.05, 3.63) is 0 Å². The Labute approximate surface area is 124 Å². The molecule has 0 radical (unpaired) electrons. The lowest BCUT2D eigenvalue weighted by atomic mass is 9.84. The average molecular weight is 276 g/mol. The van der Waals surface area contributed by atoms with Gasteiger partial charge in [-0.25, -0.2) is 0 Å². The van der Waals surface area contributed by atoms with Crippen LogP contribution in [-0.2, 0) is 0 Å². The van der Waals surface area contributed by atoms with Crippen LogP contribution in [0, 0.1) is 17.8 Å². The van der Waals surface area contributed by atoms with Crippen LogP contribution in [0.5, 0.6) is 0 Å². The van der Waals surface area contributed by atoms with Crippen LogP contribution in [0.2, 0.25) is 0 Å². The zero-order valence-corrected chi connectivity index (χ0v) is 13.4. The minimum atomic E-state index is 0.493. The normalized spacial score (nSPS) is 44.0. The predicted molar refractivity (Wildman–Crippen MR) is 83.8 cm³/mol. The van der Waals surface area contributed by atoms with E-state index < -0.39 is 0 Å². The largest absolute Gasteiger partial charge is 0.308 e. The third-order valence-electron chi connectivity index (χ3n) is 7.05. The lowest BCUT2D eigenvalue weighted by Crippen LogP contribution is -2.67. The maximum atomic E-state index is 3.98. The van der Waals surface area contributed by atoms with E-state index in [1.165, 1.54) is 58.0 Å². The van der Waals surface area contributed by atoms with E-state index in [4.69, 9.17) is 0 Å². The van der Waals surface area contributed by atoms with E-state index in [1.807, 2.05) is 0 Å². The average Bonchev–Trinajstić information content (AvgIpc) is 3.14. The third-order valence-corrected chi connectivity index (χ3v) is 7.05. The predicted octanol–water partition coefficient (Wildman–Crippen LogP) is 3.42. The molecule has 1 aliphatic heterocycles. The number of piperazine rings is 1. The van der Waals surface area contributed by atoms with Gasteiger partial charge in [-0.05, 0) is 49.9 Å². The van der Waals surface area contributed by atoms with Gasteiger partial charge in [0.2, 0.25) is 0 Å². The van der Waals surface area contributed by atoms with Gasteiger partial charge in [0.05, 0.1) is 0 Å². The fraction of sp³-hybridized carbons (Fsp3) is 1.00. The second kappa shape index (κ2) is 4.98. The fourth-order valence-corrected chi connectivity index (χ4v) is 5.95. The molecule has 1 saturated heterocycles. The number of hydrogen-bond acceptors (Lipinski definition) is 2. The van der Waals surface area contributed by atoms with Crippen molar-refractivity contribution in [1.29, 1.82) is 0 Å². The zero-order valence-electron chi connectivity index (χ0n) is 13.4. The van der Waals surface area contributed by atoms with Crippen molar-refractivity contribution in [2.24, 2.45) is 17.8 Å². The molecule has 0 aromatic heterocycles. The van der Waals surface area contributed by atoms with Gasteiger partial charge in [-0.15, -0.1) is 0 Å². The Hall–Kier alpha value is -0.0800. The van der Waals surface area contributed by atoms with E-state index >= 15 is 0 Å². The summed E-state index contributed by atoms with van der Waals surface area (Å²) >= 11 is 0. The van der Waals surface area contributed by atoms with Crippen molar-refractivity contribution in [1.82, 2.24) is 10.2 Å². The Kier molecular flexibility index (Phi) is 3.38. The van der Waals surface area contributed by atoms with Crippen molar-refractivity contribution in [2.45, 2.75) is 82.8 Å². The van der Waals surface area contributed by atoms with Crippen molar-refractivity contribution in [2.75, 3.05) is 13.1 Å². The lowest BCUT2D eigenvalue weighted by molar-refractivity contribution is 0.00295. The minimum absolute atomic E-state index is 0.493. The highest BCUT2D eigenvalue weighted by Gasteiger charge is 2.49. The third kappa shape index (κ3) is 2.14. The summed E-state index contributed by atoms with van der Waals surface area (Å²) in [4.78, 5) is 3.00. The highest BCUT2D eigenvalue weighted by Crippen LogP contribution is 2.48. The standard InChI is InChI=1S/C18H32N2/c1-13(2)17-11-19-18(7-3-4-8-18)12-20(17)16-10-14-5-6-15(16)9-14/h13-17,19H,3-12H2,1-2H3. The van der Waals surface area contributed by atoms with Crippen molar-refractivity contribution in [3.8, 4) is 0 Å². The Morgan fingerprint density at radius 1 is 1.10 bits per heavy atom. The molecule has 2 nitrogen and oxygen atoms in total. The molecule has 0 aromatic carbocycles. The quantitative estimate of drug-likeness (QED) is 0.831. The number of hydrogen-bond donors (Lipinski definition) is 1. The number of nitrogens with one attached hydrogen (secondary N) is 1. The van der Waals surface area contributed by atoms with E-state index in [0.29, 0.717) is 5.54 Å². The molecule has 0 aromatic rings. The molecule has 20 heavy (non-hydrogen) atoms. The van der Waals surface area contributed by atoms with Gasteiger partial charge in [-0.1, -0.05) is 33.1 Å². The molecule has 4 aliphatic rings. The Morgan fingerprint density at radius 2 is 1.90 bits per heavy atom. The smallest absolute Gasteiger partial charge is 0.0309 e. The number of nitrogens with zero attached hydrogens (tertiary/aromatic N) is 1. The summed E-state index contributed by atoms with van der Waals surface area (Å²) in [7, 11) is 0. The van der Waals surface area contributed by atoms with E-state index in [0.717, 1.165) is 29.8 Å². The summed E-state index contributed by atoms with van der Waals surface area (Å²) in [5.74, 6) is 2.91. The molecule has 2 bridgehead atoms. The highest BCUT2D eigenvalue weighted by molar-refractivity contribution is 5.06. The molecule has 1 heterocycles. The zero-order chi connectivity index (χ0) is 13.7. The van der Waals surface area contributed by atoms with Gasteiger partial charge in [-0.3, -0.25) is 4.90 Å². The Balaban J connectivity index is 1.55. The van der Waals surface area contributed by atoms with Gasteiger partial charge < -0.3 is 5.32 Å². The first kappa shape index (κ1) is 13.6. The van der Waals surface area contributed by atoms with Crippen molar-refractivity contribution >= 4 is 0 Å². The summed E-state index contributed by atoms with van der Waals surface area (Å²) in [6, 6.07) is 1.71. The highest BCUT2D eigenvalue weighted by atomic mass is 15.3. The minimum Gasteiger partial charge on any atom is -0.308 e. The van der Waals surface area contributed by atoms with Gasteiger partial charge in [0, 0.05) is 30.7 Å². The second-order valence-electron chi connectivity index (χ2n) is 8.59. The summed E-state index contributed by atoms with van der Waals surface area (Å²) < 4.78 is 0. The molecule has 114 valence electrons.